The van der Waals surface area contributed by atoms with Gasteiger partial charge in [-0.3, -0.25) is 0 Å². The lowest BCUT2D eigenvalue weighted by atomic mass is 9.87. The summed E-state index contributed by atoms with van der Waals surface area (Å²) in [6.07, 6.45) is 3.26. The van der Waals surface area contributed by atoms with Crippen LogP contribution in [0.3, 0.4) is 0 Å². The third-order valence-corrected chi connectivity index (χ3v) is 4.53. The first-order chi connectivity index (χ1) is 11.0. The topological polar surface area (TPSA) is 52.6 Å². The van der Waals surface area contributed by atoms with Crippen LogP contribution in [0, 0.1) is 11.7 Å². The van der Waals surface area contributed by atoms with Crippen LogP contribution in [0.25, 0.3) is 0 Å². The molecule has 0 radical (unpaired) electrons. The van der Waals surface area contributed by atoms with Gasteiger partial charge in [0.15, 0.2) is 0 Å². The predicted molar refractivity (Wildman–Crippen MR) is 88.7 cm³/mol. The molecule has 1 aliphatic rings. The highest BCUT2D eigenvalue weighted by Crippen LogP contribution is 2.34. The predicted octanol–water partition coefficient (Wildman–Crippen LogP) is 2.95. The van der Waals surface area contributed by atoms with Gasteiger partial charge in [-0.25, -0.2) is 9.18 Å². The highest BCUT2D eigenvalue weighted by molar-refractivity contribution is 5.75. The van der Waals surface area contributed by atoms with Crippen LogP contribution < -0.4 is 5.32 Å². The molecule has 2 amide bonds. The quantitative estimate of drug-likeness (QED) is 0.846. The second-order valence-electron chi connectivity index (χ2n) is 6.84. The summed E-state index contributed by atoms with van der Waals surface area (Å²) in [5.74, 6) is 0.172. The van der Waals surface area contributed by atoms with Crippen LogP contribution in [-0.2, 0) is 6.42 Å². The van der Waals surface area contributed by atoms with Crippen molar-refractivity contribution in [3.05, 3.63) is 35.6 Å². The number of hydrogen-bond acceptors (Lipinski definition) is 2. The van der Waals surface area contributed by atoms with Crippen molar-refractivity contribution in [1.82, 2.24) is 10.2 Å². The minimum atomic E-state index is -0.422. The summed E-state index contributed by atoms with van der Waals surface area (Å²) >= 11 is 0. The number of hydrogen-bond donors (Lipinski definition) is 2. The third-order valence-electron chi connectivity index (χ3n) is 4.53. The number of carbonyl (C=O) groups is 1. The normalized spacial score (nSPS) is 21.0. The molecule has 1 atom stereocenters. The summed E-state index contributed by atoms with van der Waals surface area (Å²) < 4.78 is 12.9. The summed E-state index contributed by atoms with van der Waals surface area (Å²) in [7, 11) is 0. The fourth-order valence-electron chi connectivity index (χ4n) is 3.52. The third kappa shape index (κ3) is 4.44. The van der Waals surface area contributed by atoms with Crippen LogP contribution in [0.1, 0.15) is 38.7 Å². The Labute approximate surface area is 137 Å². The molecule has 0 aliphatic carbocycles. The Balaban J connectivity index is 1.90. The summed E-state index contributed by atoms with van der Waals surface area (Å²) in [6.45, 7) is 5.43. The van der Waals surface area contributed by atoms with Crippen molar-refractivity contribution in [3.63, 3.8) is 0 Å². The average Bonchev–Trinajstić information content (AvgIpc) is 2.92. The van der Waals surface area contributed by atoms with Crippen molar-refractivity contribution in [3.8, 4) is 0 Å². The Morgan fingerprint density at radius 1 is 1.39 bits per heavy atom. The van der Waals surface area contributed by atoms with E-state index in [2.05, 4.69) is 19.2 Å². The van der Waals surface area contributed by atoms with Gasteiger partial charge in [0.05, 0.1) is 12.1 Å². The second-order valence-corrected chi connectivity index (χ2v) is 6.84. The second kappa shape index (κ2) is 7.77. The van der Waals surface area contributed by atoms with Crippen molar-refractivity contribution in [2.24, 2.45) is 5.92 Å². The smallest absolute Gasteiger partial charge is 0.317 e. The van der Waals surface area contributed by atoms with E-state index in [1.165, 1.54) is 12.1 Å². The molecule has 1 aliphatic heterocycles. The van der Waals surface area contributed by atoms with Crippen molar-refractivity contribution in [2.75, 3.05) is 19.7 Å². The lowest BCUT2D eigenvalue weighted by molar-refractivity contribution is 0.0678. The van der Waals surface area contributed by atoms with E-state index in [4.69, 9.17) is 0 Å². The maximum Gasteiger partial charge on any atom is 0.317 e. The molecule has 1 heterocycles. The number of carbonyl (C=O) groups excluding carboxylic acids is 1. The Morgan fingerprint density at radius 3 is 2.70 bits per heavy atom. The number of aliphatic hydroxyl groups excluding tert-OH is 1. The molecule has 1 aromatic carbocycles. The monoisotopic (exact) mass is 322 g/mol. The van der Waals surface area contributed by atoms with Gasteiger partial charge in [-0.05, 0) is 49.3 Å². The van der Waals surface area contributed by atoms with E-state index in [1.54, 1.807) is 17.0 Å². The Kier molecular flexibility index (Phi) is 5.99. The zero-order valence-electron chi connectivity index (χ0n) is 14.0. The Hall–Kier alpha value is -1.62. The number of amides is 2. The fourth-order valence-corrected chi connectivity index (χ4v) is 3.52. The van der Waals surface area contributed by atoms with E-state index in [9.17, 15) is 14.3 Å². The first-order valence-electron chi connectivity index (χ1n) is 8.37. The number of rotatable bonds is 6. The van der Waals surface area contributed by atoms with E-state index in [-0.39, 0.29) is 18.5 Å². The van der Waals surface area contributed by atoms with Gasteiger partial charge in [-0.2, -0.15) is 0 Å². The van der Waals surface area contributed by atoms with E-state index >= 15 is 0 Å². The number of urea groups is 1. The maximum atomic E-state index is 12.9. The SMILES string of the molecule is CC(C)CC1(CO)CCCN1C(=O)NCCc1ccc(F)cc1. The molecule has 0 saturated carbocycles. The van der Waals surface area contributed by atoms with Crippen LogP contribution in [0.2, 0.25) is 0 Å². The number of nitrogens with one attached hydrogen (secondary N) is 1. The Morgan fingerprint density at radius 2 is 2.09 bits per heavy atom. The zero-order chi connectivity index (χ0) is 16.9. The molecular formula is C18H27FN2O2. The molecule has 2 rings (SSSR count). The van der Waals surface area contributed by atoms with E-state index in [1.807, 2.05) is 0 Å². The molecule has 0 bridgehead atoms. The van der Waals surface area contributed by atoms with Gasteiger partial charge in [0.1, 0.15) is 5.82 Å². The molecule has 0 spiro atoms. The number of benzene rings is 1. The highest BCUT2D eigenvalue weighted by Gasteiger charge is 2.43. The molecular weight excluding hydrogens is 295 g/mol. The molecule has 5 heteroatoms. The minimum Gasteiger partial charge on any atom is -0.394 e. The average molecular weight is 322 g/mol. The van der Waals surface area contributed by atoms with Crippen molar-refractivity contribution < 1.29 is 14.3 Å². The van der Waals surface area contributed by atoms with Crippen LogP contribution in [0.5, 0.6) is 0 Å². The molecule has 23 heavy (non-hydrogen) atoms. The first kappa shape index (κ1) is 17.7. The summed E-state index contributed by atoms with van der Waals surface area (Å²) in [5, 5.41) is 12.8. The van der Waals surface area contributed by atoms with Crippen molar-refractivity contribution in [1.29, 1.82) is 0 Å². The van der Waals surface area contributed by atoms with Crippen LogP contribution >= 0.6 is 0 Å². The summed E-state index contributed by atoms with van der Waals surface area (Å²) in [4.78, 5) is 14.3. The van der Waals surface area contributed by atoms with Crippen molar-refractivity contribution in [2.45, 2.75) is 45.1 Å². The highest BCUT2D eigenvalue weighted by atomic mass is 19.1. The van der Waals surface area contributed by atoms with E-state index in [0.29, 0.717) is 25.4 Å². The van der Waals surface area contributed by atoms with Gasteiger partial charge in [-0.1, -0.05) is 26.0 Å². The molecule has 4 nitrogen and oxygen atoms in total. The van der Waals surface area contributed by atoms with E-state index < -0.39 is 5.54 Å². The fraction of sp³-hybridized carbons (Fsp3) is 0.611. The van der Waals surface area contributed by atoms with Crippen LogP contribution in [0.4, 0.5) is 9.18 Å². The lowest BCUT2D eigenvalue weighted by Crippen LogP contribution is -2.54. The number of likely N-dealkylation sites (tertiary alicyclic amines) is 1. The zero-order valence-corrected chi connectivity index (χ0v) is 14.0. The standard InChI is InChI=1S/C18H27FN2O2/c1-14(2)12-18(13-22)9-3-11-21(18)17(23)20-10-8-15-4-6-16(19)7-5-15/h4-7,14,22H,3,8-13H2,1-2H3,(H,20,23). The van der Waals surface area contributed by atoms with Gasteiger partial charge in [0, 0.05) is 13.1 Å². The first-order valence-corrected chi connectivity index (χ1v) is 8.37. The largest absolute Gasteiger partial charge is 0.394 e. The van der Waals surface area contributed by atoms with Crippen LogP contribution in [0.15, 0.2) is 24.3 Å². The van der Waals surface area contributed by atoms with Crippen LogP contribution in [-0.4, -0.2) is 41.3 Å². The van der Waals surface area contributed by atoms with Gasteiger partial charge in [-0.15, -0.1) is 0 Å². The molecule has 0 aromatic heterocycles. The molecule has 128 valence electrons. The number of aliphatic hydroxyl groups is 1. The lowest BCUT2D eigenvalue weighted by Gasteiger charge is -2.38. The maximum absolute atomic E-state index is 12.9. The molecule has 1 unspecified atom stereocenters. The Bertz CT molecular complexity index is 518. The molecule has 1 saturated heterocycles. The van der Waals surface area contributed by atoms with Gasteiger partial charge in [0.25, 0.3) is 0 Å². The van der Waals surface area contributed by atoms with Gasteiger partial charge >= 0.3 is 6.03 Å². The molecule has 2 N–H and O–H groups in total. The van der Waals surface area contributed by atoms with Crippen molar-refractivity contribution >= 4 is 6.03 Å². The number of nitrogens with zero attached hydrogens (tertiary/aromatic N) is 1. The molecule has 1 aromatic rings. The van der Waals surface area contributed by atoms with Gasteiger partial charge < -0.3 is 15.3 Å². The number of halogens is 1. The van der Waals surface area contributed by atoms with Gasteiger partial charge in [0.2, 0.25) is 0 Å². The minimum absolute atomic E-state index is 0.0105. The molecule has 1 fully saturated rings. The summed E-state index contributed by atoms with van der Waals surface area (Å²) in [5.41, 5.74) is 0.567. The summed E-state index contributed by atoms with van der Waals surface area (Å²) in [6, 6.07) is 6.20. The van der Waals surface area contributed by atoms with E-state index in [0.717, 1.165) is 24.8 Å².